The predicted octanol–water partition coefficient (Wildman–Crippen LogP) is 2.18. The van der Waals surface area contributed by atoms with Crippen LogP contribution in [0, 0.1) is 5.92 Å². The van der Waals surface area contributed by atoms with E-state index in [1.807, 2.05) is 24.3 Å². The zero-order chi connectivity index (χ0) is 16.5. The van der Waals surface area contributed by atoms with Crippen molar-refractivity contribution >= 4 is 5.91 Å². The van der Waals surface area contributed by atoms with Crippen LogP contribution >= 0.6 is 0 Å². The Balaban J connectivity index is 1.46. The topological polar surface area (TPSA) is 65.4 Å². The Morgan fingerprint density at radius 3 is 3.12 bits per heavy atom. The molecule has 1 aromatic carbocycles. The fourth-order valence-corrected chi connectivity index (χ4v) is 3.62. The van der Waals surface area contributed by atoms with Gasteiger partial charge in [0.2, 0.25) is 0 Å². The molecule has 1 N–H and O–H groups in total. The van der Waals surface area contributed by atoms with Crippen LogP contribution in [0.3, 0.4) is 0 Å². The van der Waals surface area contributed by atoms with Crippen LogP contribution in [0.15, 0.2) is 36.8 Å². The molecule has 1 saturated carbocycles. The van der Waals surface area contributed by atoms with Gasteiger partial charge in [-0.25, -0.2) is 4.98 Å². The molecule has 4 rings (SSSR count). The Kier molecular flexibility index (Phi) is 3.98. The van der Waals surface area contributed by atoms with E-state index in [9.17, 15) is 4.79 Å². The number of nitrogens with one attached hydrogen (secondary N) is 1. The minimum absolute atomic E-state index is 0.127. The molecule has 6 nitrogen and oxygen atoms in total. The first-order valence-electron chi connectivity index (χ1n) is 8.36. The highest BCUT2D eigenvalue weighted by Crippen LogP contribution is 2.37. The molecule has 1 amide bonds. The van der Waals surface area contributed by atoms with Crippen LogP contribution in [0.4, 0.5) is 0 Å². The highest BCUT2D eigenvalue weighted by Gasteiger charge is 2.44. The molecule has 0 radical (unpaired) electrons. The second-order valence-corrected chi connectivity index (χ2v) is 6.37. The third kappa shape index (κ3) is 2.67. The zero-order valence-electron chi connectivity index (χ0n) is 13.6. The van der Waals surface area contributed by atoms with E-state index in [2.05, 4.69) is 10.3 Å². The Hall–Kier alpha value is -2.34. The summed E-state index contributed by atoms with van der Waals surface area (Å²) in [5, 5.41) is 3.10. The lowest BCUT2D eigenvalue weighted by Gasteiger charge is -2.47. The minimum atomic E-state index is -0.127. The summed E-state index contributed by atoms with van der Waals surface area (Å²) in [4.78, 5) is 16.7. The Morgan fingerprint density at radius 1 is 1.42 bits per heavy atom. The highest BCUT2D eigenvalue weighted by atomic mass is 16.5. The fraction of sp³-hybridized carbons (Fsp3) is 0.444. The standard InChI is InChI=1S/C18H21N3O3/c1-23-16-7-3-2-6-15(16)21-10-14(19-11-21)18(22)20-13-9-17-12(13)5-4-8-24-17/h2-3,6-7,10-13,17H,4-5,8-9H2,1H3,(H,20,22)/t12-,13-,17+/m1/s1. The number of aromatic nitrogens is 2. The number of methoxy groups -OCH3 is 1. The molecule has 24 heavy (non-hydrogen) atoms. The van der Waals surface area contributed by atoms with Crippen LogP contribution in [0.5, 0.6) is 5.75 Å². The van der Waals surface area contributed by atoms with Gasteiger partial charge in [-0.15, -0.1) is 0 Å². The zero-order valence-corrected chi connectivity index (χ0v) is 13.6. The van der Waals surface area contributed by atoms with Crippen molar-refractivity contribution in [3.8, 4) is 11.4 Å². The van der Waals surface area contributed by atoms with Gasteiger partial charge in [-0.2, -0.15) is 0 Å². The normalized spacial score (nSPS) is 25.5. The Labute approximate surface area is 140 Å². The SMILES string of the molecule is COc1ccccc1-n1cnc(C(=O)N[C@@H]2C[C@@H]3OCCC[C@@H]32)c1. The molecule has 2 aromatic rings. The first-order chi connectivity index (χ1) is 11.8. The fourth-order valence-electron chi connectivity index (χ4n) is 3.62. The number of benzene rings is 1. The summed E-state index contributed by atoms with van der Waals surface area (Å²) in [7, 11) is 1.63. The molecular weight excluding hydrogens is 306 g/mol. The van der Waals surface area contributed by atoms with Gasteiger partial charge in [0.1, 0.15) is 17.8 Å². The van der Waals surface area contributed by atoms with Crippen LogP contribution in [-0.4, -0.2) is 41.3 Å². The van der Waals surface area contributed by atoms with Crippen LogP contribution in [-0.2, 0) is 4.74 Å². The van der Waals surface area contributed by atoms with Gasteiger partial charge in [-0.3, -0.25) is 4.79 Å². The van der Waals surface area contributed by atoms with E-state index < -0.39 is 0 Å². The monoisotopic (exact) mass is 327 g/mol. The Morgan fingerprint density at radius 2 is 2.29 bits per heavy atom. The summed E-state index contributed by atoms with van der Waals surface area (Å²) >= 11 is 0. The molecule has 126 valence electrons. The third-order valence-electron chi connectivity index (χ3n) is 4.99. The molecule has 2 heterocycles. The van der Waals surface area contributed by atoms with Crippen molar-refractivity contribution in [2.24, 2.45) is 5.92 Å². The van der Waals surface area contributed by atoms with Gasteiger partial charge >= 0.3 is 0 Å². The quantitative estimate of drug-likeness (QED) is 0.935. The summed E-state index contributed by atoms with van der Waals surface area (Å²) in [6.07, 6.45) is 6.82. The third-order valence-corrected chi connectivity index (χ3v) is 4.99. The molecule has 6 heteroatoms. The summed E-state index contributed by atoms with van der Waals surface area (Å²) in [6.45, 7) is 0.852. The van der Waals surface area contributed by atoms with Crippen LogP contribution < -0.4 is 10.1 Å². The molecule has 3 atom stereocenters. The average molecular weight is 327 g/mol. The van der Waals surface area contributed by atoms with E-state index in [0.29, 0.717) is 17.7 Å². The molecule has 1 saturated heterocycles. The number of nitrogens with zero attached hydrogens (tertiary/aromatic N) is 2. The van der Waals surface area contributed by atoms with Crippen LogP contribution in [0.25, 0.3) is 5.69 Å². The summed E-state index contributed by atoms with van der Waals surface area (Å²) in [6, 6.07) is 7.85. The molecule has 0 spiro atoms. The second-order valence-electron chi connectivity index (χ2n) is 6.37. The van der Waals surface area contributed by atoms with Crippen molar-refractivity contribution in [3.63, 3.8) is 0 Å². The summed E-state index contributed by atoms with van der Waals surface area (Å²) in [5.41, 5.74) is 1.28. The number of para-hydroxylation sites is 2. The average Bonchev–Trinajstić information content (AvgIpc) is 3.09. The van der Waals surface area contributed by atoms with Crippen molar-refractivity contribution in [3.05, 3.63) is 42.5 Å². The van der Waals surface area contributed by atoms with E-state index in [1.54, 1.807) is 24.2 Å². The number of fused-ring (bicyclic) bond motifs is 1. The van der Waals surface area contributed by atoms with Gasteiger partial charge in [0, 0.05) is 24.8 Å². The molecule has 1 aliphatic carbocycles. The predicted molar refractivity (Wildman–Crippen MR) is 88.5 cm³/mol. The van der Waals surface area contributed by atoms with Gasteiger partial charge in [-0.05, 0) is 31.4 Å². The number of hydrogen-bond acceptors (Lipinski definition) is 4. The van der Waals surface area contributed by atoms with Gasteiger partial charge in [0.15, 0.2) is 0 Å². The van der Waals surface area contributed by atoms with E-state index >= 15 is 0 Å². The van der Waals surface area contributed by atoms with Crippen LogP contribution in [0.1, 0.15) is 29.8 Å². The van der Waals surface area contributed by atoms with E-state index in [-0.39, 0.29) is 11.9 Å². The number of imidazole rings is 1. The van der Waals surface area contributed by atoms with Crippen molar-refractivity contribution in [2.75, 3.05) is 13.7 Å². The molecular formula is C18H21N3O3. The molecule has 1 aliphatic heterocycles. The second kappa shape index (κ2) is 6.28. The largest absolute Gasteiger partial charge is 0.495 e. The molecule has 0 bridgehead atoms. The molecule has 1 aromatic heterocycles. The number of rotatable bonds is 4. The van der Waals surface area contributed by atoms with Crippen LogP contribution in [0.2, 0.25) is 0 Å². The van der Waals surface area contributed by atoms with Gasteiger partial charge in [-0.1, -0.05) is 12.1 Å². The number of hydrogen-bond donors (Lipinski definition) is 1. The number of ether oxygens (including phenoxy) is 2. The van der Waals surface area contributed by atoms with E-state index in [4.69, 9.17) is 9.47 Å². The molecule has 0 unspecified atom stereocenters. The summed E-state index contributed by atoms with van der Waals surface area (Å²) in [5.74, 6) is 1.07. The molecule has 2 fully saturated rings. The number of amides is 1. The summed E-state index contributed by atoms with van der Waals surface area (Å²) < 4.78 is 12.9. The maximum absolute atomic E-state index is 12.5. The lowest BCUT2D eigenvalue weighted by Crippen LogP contribution is -2.57. The minimum Gasteiger partial charge on any atom is -0.495 e. The highest BCUT2D eigenvalue weighted by molar-refractivity contribution is 5.92. The lowest BCUT2D eigenvalue weighted by atomic mass is 9.72. The maximum Gasteiger partial charge on any atom is 0.271 e. The van der Waals surface area contributed by atoms with Gasteiger partial charge < -0.3 is 19.4 Å². The first kappa shape index (κ1) is 15.2. The lowest BCUT2D eigenvalue weighted by molar-refractivity contribution is -0.100. The van der Waals surface area contributed by atoms with E-state index in [1.165, 1.54) is 0 Å². The Bertz CT molecular complexity index is 743. The van der Waals surface area contributed by atoms with E-state index in [0.717, 1.165) is 37.3 Å². The first-order valence-corrected chi connectivity index (χ1v) is 8.36. The molecule has 2 aliphatic rings. The maximum atomic E-state index is 12.5. The van der Waals surface area contributed by atoms with Gasteiger partial charge in [0.25, 0.3) is 5.91 Å². The number of carbonyl (C=O) groups excluding carboxylic acids is 1. The van der Waals surface area contributed by atoms with Gasteiger partial charge in [0.05, 0.1) is 18.9 Å². The van der Waals surface area contributed by atoms with Crippen molar-refractivity contribution in [1.29, 1.82) is 0 Å². The smallest absolute Gasteiger partial charge is 0.271 e. The van der Waals surface area contributed by atoms with Crippen molar-refractivity contribution < 1.29 is 14.3 Å². The number of carbonyl (C=O) groups is 1. The van der Waals surface area contributed by atoms with Crippen molar-refractivity contribution in [1.82, 2.24) is 14.9 Å². The van der Waals surface area contributed by atoms with Crippen molar-refractivity contribution in [2.45, 2.75) is 31.4 Å².